The van der Waals surface area contributed by atoms with E-state index in [1.165, 1.54) is 19.0 Å². The average molecular weight is 620 g/mol. The topological polar surface area (TPSA) is 90.0 Å². The van der Waals surface area contributed by atoms with Crippen molar-refractivity contribution in [1.82, 2.24) is 14.5 Å². The van der Waals surface area contributed by atoms with Gasteiger partial charge in [-0.3, -0.25) is 9.59 Å². The molecule has 0 radical (unpaired) electrons. The van der Waals surface area contributed by atoms with Crippen LogP contribution in [-0.4, -0.2) is 62.7 Å². The predicted octanol–water partition coefficient (Wildman–Crippen LogP) is 5.16. The fourth-order valence-corrected chi connectivity index (χ4v) is 5.58. The molecule has 1 N–H and O–H groups in total. The summed E-state index contributed by atoms with van der Waals surface area (Å²) in [6.45, 7) is 1.98. The van der Waals surface area contributed by atoms with Crippen molar-refractivity contribution in [3.63, 3.8) is 0 Å². The van der Waals surface area contributed by atoms with Crippen LogP contribution in [0.5, 0.6) is 0 Å². The second-order valence-electron chi connectivity index (χ2n) is 9.75. The Morgan fingerprint density at radius 3 is 2.10 bits per heavy atom. The van der Waals surface area contributed by atoms with Gasteiger partial charge in [-0.05, 0) is 41.8 Å². The highest BCUT2D eigenvalue weighted by molar-refractivity contribution is 7.90. The lowest BCUT2D eigenvalue weighted by Gasteiger charge is -2.34. The molecule has 0 saturated heterocycles. The molecule has 41 heavy (non-hydrogen) atoms. The van der Waals surface area contributed by atoms with E-state index in [4.69, 9.17) is 23.2 Å². The van der Waals surface area contributed by atoms with E-state index in [2.05, 4.69) is 5.32 Å². The third-order valence-electron chi connectivity index (χ3n) is 6.50. The Morgan fingerprint density at radius 2 is 1.51 bits per heavy atom. The second kappa shape index (κ2) is 15.2. The Morgan fingerprint density at radius 1 is 0.878 bits per heavy atom. The molecule has 0 spiro atoms. The number of para-hydroxylation sites is 1. The summed E-state index contributed by atoms with van der Waals surface area (Å²) in [4.78, 5) is 29.3. The highest BCUT2D eigenvalue weighted by atomic mass is 35.5. The van der Waals surface area contributed by atoms with Crippen LogP contribution in [0.2, 0.25) is 10.0 Å². The van der Waals surface area contributed by atoms with Gasteiger partial charge in [0, 0.05) is 33.6 Å². The van der Waals surface area contributed by atoms with Gasteiger partial charge in [-0.2, -0.15) is 12.7 Å². The van der Waals surface area contributed by atoms with Crippen molar-refractivity contribution in [3.8, 4) is 0 Å². The summed E-state index contributed by atoms with van der Waals surface area (Å²) in [6.07, 6.45) is 1.91. The molecule has 0 heterocycles. The van der Waals surface area contributed by atoms with Crippen LogP contribution in [0.4, 0.5) is 5.69 Å². The lowest BCUT2D eigenvalue weighted by molar-refractivity contribution is -0.140. The van der Waals surface area contributed by atoms with Gasteiger partial charge in [-0.25, -0.2) is 4.31 Å². The van der Waals surface area contributed by atoms with Crippen molar-refractivity contribution in [2.45, 2.75) is 38.8 Å². The second-order valence-corrected chi connectivity index (χ2v) is 12.6. The summed E-state index contributed by atoms with van der Waals surface area (Å²) in [5.74, 6) is -0.866. The Bertz CT molecular complexity index is 1410. The lowest BCUT2D eigenvalue weighted by atomic mass is 10.0. The number of unbranched alkanes of at least 4 members (excludes halogenated alkanes) is 1. The molecule has 8 nitrogen and oxygen atoms in total. The van der Waals surface area contributed by atoms with Crippen molar-refractivity contribution in [2.75, 3.05) is 31.5 Å². The number of hydrogen-bond acceptors (Lipinski definition) is 4. The zero-order valence-corrected chi connectivity index (χ0v) is 25.8. The zero-order valence-electron chi connectivity index (χ0n) is 23.5. The van der Waals surface area contributed by atoms with Crippen molar-refractivity contribution >= 4 is 50.9 Å². The van der Waals surface area contributed by atoms with Crippen molar-refractivity contribution in [3.05, 3.63) is 100 Å². The smallest absolute Gasteiger partial charge is 0.304 e. The monoisotopic (exact) mass is 618 g/mol. The highest BCUT2D eigenvalue weighted by Crippen LogP contribution is 2.25. The summed E-state index contributed by atoms with van der Waals surface area (Å²) in [5.41, 5.74) is 1.83. The average Bonchev–Trinajstić information content (AvgIpc) is 2.96. The van der Waals surface area contributed by atoms with Crippen LogP contribution in [-0.2, 0) is 32.8 Å². The molecule has 3 aromatic rings. The minimum absolute atomic E-state index is 0.0130. The van der Waals surface area contributed by atoms with E-state index < -0.39 is 28.7 Å². The van der Waals surface area contributed by atoms with Gasteiger partial charge < -0.3 is 10.2 Å². The maximum atomic E-state index is 14.2. The molecule has 3 rings (SSSR count). The molecule has 0 unspecified atom stereocenters. The normalized spacial score (nSPS) is 12.1. The van der Waals surface area contributed by atoms with Crippen LogP contribution >= 0.6 is 23.2 Å². The molecule has 0 bridgehead atoms. The van der Waals surface area contributed by atoms with Gasteiger partial charge in [-0.1, -0.05) is 91.1 Å². The van der Waals surface area contributed by atoms with E-state index in [1.54, 1.807) is 48.5 Å². The van der Waals surface area contributed by atoms with E-state index in [-0.39, 0.29) is 18.9 Å². The summed E-state index contributed by atoms with van der Waals surface area (Å²) in [6, 6.07) is 21.9. The van der Waals surface area contributed by atoms with Crippen molar-refractivity contribution in [2.24, 2.45) is 0 Å². The third kappa shape index (κ3) is 8.94. The lowest BCUT2D eigenvalue weighted by Crippen LogP contribution is -2.54. The van der Waals surface area contributed by atoms with Crippen LogP contribution in [0.25, 0.3) is 0 Å². The molecule has 0 fully saturated rings. The zero-order chi connectivity index (χ0) is 30.0. The number of hydrogen-bond donors (Lipinski definition) is 1. The van der Waals surface area contributed by atoms with E-state index >= 15 is 0 Å². The number of amides is 2. The molecule has 0 aromatic heterocycles. The summed E-state index contributed by atoms with van der Waals surface area (Å²) in [7, 11) is -1.24. The van der Waals surface area contributed by atoms with E-state index in [9.17, 15) is 18.0 Å². The summed E-state index contributed by atoms with van der Waals surface area (Å²) < 4.78 is 28.8. The van der Waals surface area contributed by atoms with Gasteiger partial charge in [0.05, 0.1) is 15.7 Å². The van der Waals surface area contributed by atoms with Crippen molar-refractivity contribution in [1.29, 1.82) is 0 Å². The van der Waals surface area contributed by atoms with Crippen LogP contribution in [0.3, 0.4) is 0 Å². The first-order valence-corrected chi connectivity index (χ1v) is 15.5. The van der Waals surface area contributed by atoms with Crippen LogP contribution in [0.1, 0.15) is 30.9 Å². The number of halogens is 2. The maximum Gasteiger partial charge on any atom is 0.304 e. The number of benzene rings is 3. The van der Waals surface area contributed by atoms with Gasteiger partial charge in [0.1, 0.15) is 12.6 Å². The van der Waals surface area contributed by atoms with E-state index in [1.807, 2.05) is 37.3 Å². The Labute approximate surface area is 253 Å². The molecule has 1 atom stereocenters. The van der Waals surface area contributed by atoms with Gasteiger partial charge in [-0.15, -0.1) is 0 Å². The highest BCUT2D eigenvalue weighted by Gasteiger charge is 2.34. The number of nitrogens with zero attached hydrogens (tertiary/aromatic N) is 3. The molecular formula is C30H36Cl2N4O4S. The first-order valence-electron chi connectivity index (χ1n) is 13.3. The van der Waals surface area contributed by atoms with Crippen LogP contribution < -0.4 is 9.62 Å². The number of nitrogens with one attached hydrogen (secondary N) is 1. The van der Waals surface area contributed by atoms with Gasteiger partial charge >= 0.3 is 10.2 Å². The van der Waals surface area contributed by atoms with E-state index in [0.29, 0.717) is 27.8 Å². The van der Waals surface area contributed by atoms with Gasteiger partial charge in [0.2, 0.25) is 11.8 Å². The molecule has 0 aliphatic rings. The van der Waals surface area contributed by atoms with Gasteiger partial charge in [0.25, 0.3) is 0 Å². The number of carbonyl (C=O) groups is 2. The Kier molecular flexibility index (Phi) is 12.0. The number of carbonyl (C=O) groups excluding carboxylic acids is 2. The predicted molar refractivity (Wildman–Crippen MR) is 165 cm³/mol. The summed E-state index contributed by atoms with van der Waals surface area (Å²) in [5, 5.41) is 3.63. The largest absolute Gasteiger partial charge is 0.354 e. The minimum Gasteiger partial charge on any atom is -0.354 e. The Hall–Kier alpha value is -3.11. The van der Waals surface area contributed by atoms with Crippen molar-refractivity contribution < 1.29 is 18.0 Å². The number of rotatable bonds is 14. The minimum atomic E-state index is -4.05. The quantitative estimate of drug-likeness (QED) is 0.253. The Balaban J connectivity index is 2.07. The standard InChI is InChI=1S/C30H36Cl2N4O4S/c1-4-5-18-33-30(38)28(20-23-12-8-6-9-13-23)35(21-24-16-17-26(31)27(32)19-24)29(37)22-36(41(39,40)34(2)3)25-14-10-7-11-15-25/h6-17,19,28H,4-5,18,20-22H2,1-3H3,(H,33,38)/t28-/m1/s1. The van der Waals surface area contributed by atoms with Crippen LogP contribution in [0, 0.1) is 0 Å². The molecule has 11 heteroatoms. The fourth-order valence-electron chi connectivity index (χ4n) is 4.21. The first-order chi connectivity index (χ1) is 19.5. The van der Waals surface area contributed by atoms with Gasteiger partial charge in [0.15, 0.2) is 0 Å². The van der Waals surface area contributed by atoms with E-state index in [0.717, 1.165) is 27.0 Å². The first kappa shape index (κ1) is 32.4. The maximum absolute atomic E-state index is 14.2. The molecule has 3 aromatic carbocycles. The molecule has 220 valence electrons. The third-order valence-corrected chi connectivity index (χ3v) is 9.06. The molecule has 2 amide bonds. The van der Waals surface area contributed by atoms with Crippen LogP contribution in [0.15, 0.2) is 78.9 Å². The molecule has 0 aliphatic heterocycles. The molecule has 0 aliphatic carbocycles. The fraction of sp³-hybridized carbons (Fsp3) is 0.333. The molecular weight excluding hydrogens is 583 g/mol. The number of anilines is 1. The molecule has 0 saturated carbocycles. The SMILES string of the molecule is CCCCNC(=O)[C@@H](Cc1ccccc1)N(Cc1ccc(Cl)c(Cl)c1)C(=O)CN(c1ccccc1)S(=O)(=O)N(C)C. The summed E-state index contributed by atoms with van der Waals surface area (Å²) >= 11 is 12.4.